The first-order valence-electron chi connectivity index (χ1n) is 10.6. The lowest BCUT2D eigenvalue weighted by Gasteiger charge is -2.23. The van der Waals surface area contributed by atoms with Crippen molar-refractivity contribution in [2.45, 2.75) is 0 Å². The molecule has 0 atom stereocenters. The molecule has 3 rings (SSSR count). The van der Waals surface area contributed by atoms with Crippen LogP contribution in [-0.4, -0.2) is 38.7 Å². The number of hydrogen-bond acceptors (Lipinski definition) is 6. The fourth-order valence-corrected chi connectivity index (χ4v) is 3.00. The summed E-state index contributed by atoms with van der Waals surface area (Å²) < 4.78 is 15.5. The fourth-order valence-electron chi connectivity index (χ4n) is 3.00. The molecular formula is C26H25N3O6. The molecular weight excluding hydrogens is 450 g/mol. The number of carbonyl (C=O) groups is 3. The van der Waals surface area contributed by atoms with Crippen molar-refractivity contribution < 1.29 is 28.6 Å². The van der Waals surface area contributed by atoms with Gasteiger partial charge in [-0.05, 0) is 48.0 Å². The molecule has 3 aromatic rings. The lowest BCUT2D eigenvalue weighted by molar-refractivity contribution is -0.143. The first kappa shape index (κ1) is 24.8. The van der Waals surface area contributed by atoms with Gasteiger partial charge in [0.25, 0.3) is 5.91 Å². The molecule has 180 valence electrons. The maximum absolute atomic E-state index is 12.8. The number of amides is 3. The van der Waals surface area contributed by atoms with E-state index in [4.69, 9.17) is 14.2 Å². The zero-order chi connectivity index (χ0) is 25.0. The molecule has 2 N–H and O–H groups in total. The minimum Gasteiger partial charge on any atom is -0.493 e. The molecule has 0 unspecified atom stereocenters. The molecule has 9 nitrogen and oxygen atoms in total. The lowest BCUT2D eigenvalue weighted by Crippen LogP contribution is -2.49. The zero-order valence-electron chi connectivity index (χ0n) is 19.3. The largest absolute Gasteiger partial charge is 0.493 e. The number of benzene rings is 3. The normalized spacial score (nSPS) is 10.3. The third-order valence-corrected chi connectivity index (χ3v) is 4.67. The maximum Gasteiger partial charge on any atom is 0.338 e. The Kier molecular flexibility index (Phi) is 8.84. The molecule has 0 saturated carbocycles. The van der Waals surface area contributed by atoms with Gasteiger partial charge in [-0.3, -0.25) is 4.79 Å². The van der Waals surface area contributed by atoms with Gasteiger partial charge in [0.2, 0.25) is 0 Å². The van der Waals surface area contributed by atoms with Gasteiger partial charge in [-0.15, -0.1) is 0 Å². The number of rotatable bonds is 8. The van der Waals surface area contributed by atoms with Crippen molar-refractivity contribution in [1.82, 2.24) is 5.43 Å². The number of hydrogen-bond donors (Lipinski definition) is 2. The molecule has 0 bridgehead atoms. The minimum absolute atomic E-state index is 0.401. The average molecular weight is 476 g/mol. The van der Waals surface area contributed by atoms with Crippen LogP contribution in [0.1, 0.15) is 5.56 Å². The number of anilines is 2. The Bertz CT molecular complexity index is 1180. The van der Waals surface area contributed by atoms with Crippen LogP contribution in [-0.2, 0) is 14.3 Å². The Labute approximate surface area is 202 Å². The summed E-state index contributed by atoms with van der Waals surface area (Å²) in [5, 5.41) is 3.65. The third kappa shape index (κ3) is 7.36. The molecule has 0 aliphatic heterocycles. The SMILES string of the molecule is COc1ccc(C=CC(=O)OCC(=O)N(NC(=O)Nc2ccccc2)c2ccccc2)cc1OC. The Morgan fingerprint density at radius 1 is 0.857 bits per heavy atom. The Balaban J connectivity index is 1.62. The Morgan fingerprint density at radius 2 is 1.51 bits per heavy atom. The number of ether oxygens (including phenoxy) is 3. The van der Waals surface area contributed by atoms with Crippen molar-refractivity contribution >= 4 is 35.4 Å². The average Bonchev–Trinajstić information content (AvgIpc) is 2.90. The number of nitrogens with zero attached hydrogens (tertiary/aromatic N) is 1. The topological polar surface area (TPSA) is 106 Å². The van der Waals surface area contributed by atoms with Gasteiger partial charge in [0.05, 0.1) is 19.9 Å². The van der Waals surface area contributed by atoms with Crippen molar-refractivity contribution in [2.24, 2.45) is 0 Å². The molecule has 3 aromatic carbocycles. The summed E-state index contributed by atoms with van der Waals surface area (Å²) in [7, 11) is 3.04. The first-order valence-corrected chi connectivity index (χ1v) is 10.6. The molecule has 3 amide bonds. The summed E-state index contributed by atoms with van der Waals surface area (Å²) in [6.07, 6.45) is 2.71. The highest BCUT2D eigenvalue weighted by atomic mass is 16.5. The third-order valence-electron chi connectivity index (χ3n) is 4.67. The van der Waals surface area contributed by atoms with Crippen molar-refractivity contribution in [1.29, 1.82) is 0 Å². The molecule has 0 aliphatic rings. The Hall–Kier alpha value is -4.79. The van der Waals surface area contributed by atoms with Gasteiger partial charge in [0.1, 0.15) is 0 Å². The molecule has 0 spiro atoms. The smallest absolute Gasteiger partial charge is 0.338 e. The van der Waals surface area contributed by atoms with E-state index < -0.39 is 24.5 Å². The van der Waals surface area contributed by atoms with E-state index in [0.717, 1.165) is 5.01 Å². The molecule has 0 radical (unpaired) electrons. The van der Waals surface area contributed by atoms with Crippen LogP contribution in [0.3, 0.4) is 0 Å². The summed E-state index contributed by atoms with van der Waals surface area (Å²) in [4.78, 5) is 37.4. The van der Waals surface area contributed by atoms with Crippen molar-refractivity contribution in [3.05, 3.63) is 90.5 Å². The molecule has 0 heterocycles. The van der Waals surface area contributed by atoms with Crippen LogP contribution in [0.25, 0.3) is 6.08 Å². The van der Waals surface area contributed by atoms with Crippen LogP contribution >= 0.6 is 0 Å². The predicted octanol–water partition coefficient (Wildman–Crippen LogP) is 4.03. The van der Waals surface area contributed by atoms with Gasteiger partial charge >= 0.3 is 12.0 Å². The van der Waals surface area contributed by atoms with Crippen LogP contribution in [0, 0.1) is 0 Å². The van der Waals surface area contributed by atoms with Crippen LogP contribution in [0.2, 0.25) is 0 Å². The second-order valence-corrected chi connectivity index (χ2v) is 7.05. The van der Waals surface area contributed by atoms with Crippen LogP contribution in [0.4, 0.5) is 16.2 Å². The number of nitrogens with one attached hydrogen (secondary N) is 2. The van der Waals surface area contributed by atoms with E-state index in [9.17, 15) is 14.4 Å². The molecule has 0 aliphatic carbocycles. The van der Waals surface area contributed by atoms with E-state index in [0.29, 0.717) is 28.4 Å². The second-order valence-electron chi connectivity index (χ2n) is 7.05. The second kappa shape index (κ2) is 12.4. The van der Waals surface area contributed by atoms with Gasteiger partial charge in [-0.1, -0.05) is 42.5 Å². The summed E-state index contributed by atoms with van der Waals surface area (Å²) in [6, 6.07) is 21.8. The van der Waals surface area contributed by atoms with Crippen LogP contribution in [0.15, 0.2) is 84.9 Å². The molecule has 0 fully saturated rings. The number of para-hydroxylation sites is 2. The van der Waals surface area contributed by atoms with E-state index in [1.165, 1.54) is 26.4 Å². The number of carbonyl (C=O) groups excluding carboxylic acids is 3. The van der Waals surface area contributed by atoms with Gasteiger partial charge in [-0.2, -0.15) is 0 Å². The summed E-state index contributed by atoms with van der Waals surface area (Å²) >= 11 is 0. The summed E-state index contributed by atoms with van der Waals surface area (Å²) in [5.74, 6) is -0.304. The fraction of sp³-hybridized carbons (Fsp3) is 0.115. The van der Waals surface area contributed by atoms with Crippen molar-refractivity contribution in [3.63, 3.8) is 0 Å². The van der Waals surface area contributed by atoms with E-state index in [1.54, 1.807) is 72.8 Å². The molecule has 9 heteroatoms. The van der Waals surface area contributed by atoms with E-state index in [2.05, 4.69) is 10.7 Å². The number of hydrazine groups is 1. The van der Waals surface area contributed by atoms with Crippen LogP contribution < -0.4 is 25.2 Å². The highest BCUT2D eigenvalue weighted by Crippen LogP contribution is 2.28. The molecule has 0 aromatic heterocycles. The monoisotopic (exact) mass is 475 g/mol. The summed E-state index contributed by atoms with van der Waals surface area (Å²) in [6.45, 7) is -0.588. The van der Waals surface area contributed by atoms with Crippen molar-refractivity contribution in [2.75, 3.05) is 31.2 Å². The molecule has 0 saturated heterocycles. The summed E-state index contributed by atoms with van der Waals surface area (Å²) in [5.41, 5.74) is 4.12. The minimum atomic E-state index is -0.727. The number of methoxy groups -OCH3 is 2. The maximum atomic E-state index is 12.8. The van der Waals surface area contributed by atoms with Gasteiger partial charge < -0.3 is 19.5 Å². The highest BCUT2D eigenvalue weighted by molar-refractivity contribution is 6.00. The predicted molar refractivity (Wildman–Crippen MR) is 132 cm³/mol. The number of urea groups is 1. The number of esters is 1. The van der Waals surface area contributed by atoms with E-state index in [-0.39, 0.29) is 0 Å². The Morgan fingerprint density at radius 3 is 2.17 bits per heavy atom. The van der Waals surface area contributed by atoms with Gasteiger partial charge in [0.15, 0.2) is 18.1 Å². The van der Waals surface area contributed by atoms with Gasteiger partial charge in [-0.25, -0.2) is 20.0 Å². The zero-order valence-corrected chi connectivity index (χ0v) is 19.3. The van der Waals surface area contributed by atoms with Crippen molar-refractivity contribution in [3.8, 4) is 11.5 Å². The van der Waals surface area contributed by atoms with Gasteiger partial charge in [0, 0.05) is 11.8 Å². The van der Waals surface area contributed by atoms with E-state index >= 15 is 0 Å². The first-order chi connectivity index (χ1) is 17.0. The standard InChI is InChI=1S/C26H25N3O6/c1-33-22-15-13-19(17-23(22)34-2)14-16-25(31)35-18-24(30)29(21-11-7-4-8-12-21)28-26(32)27-20-9-5-3-6-10-20/h3-17H,18H2,1-2H3,(H2,27,28,32). The van der Waals surface area contributed by atoms with Crippen LogP contribution in [0.5, 0.6) is 11.5 Å². The molecule has 35 heavy (non-hydrogen) atoms. The highest BCUT2D eigenvalue weighted by Gasteiger charge is 2.20. The van der Waals surface area contributed by atoms with E-state index in [1.807, 2.05) is 6.07 Å². The lowest BCUT2D eigenvalue weighted by atomic mass is 10.2. The quantitative estimate of drug-likeness (QED) is 0.290.